The van der Waals surface area contributed by atoms with Gasteiger partial charge < -0.3 is 14.2 Å². The van der Waals surface area contributed by atoms with Crippen molar-refractivity contribution in [3.8, 4) is 17.2 Å². The smallest absolute Gasteiger partial charge is 0.165 e. The molecule has 0 bridgehead atoms. The van der Waals surface area contributed by atoms with Gasteiger partial charge in [0, 0.05) is 6.07 Å². The van der Waals surface area contributed by atoms with Crippen LogP contribution in [0.15, 0.2) is 36.4 Å². The summed E-state index contributed by atoms with van der Waals surface area (Å²) in [4.78, 5) is 11.2. The second kappa shape index (κ2) is 5.87. The first-order valence-corrected chi connectivity index (χ1v) is 6.83. The molecule has 0 radical (unpaired) electrons. The van der Waals surface area contributed by atoms with Crippen LogP contribution in [-0.2, 0) is 6.61 Å². The van der Waals surface area contributed by atoms with Crippen molar-refractivity contribution >= 4 is 6.29 Å². The van der Waals surface area contributed by atoms with Crippen LogP contribution in [0.5, 0.6) is 17.2 Å². The molecule has 0 aromatic heterocycles. The summed E-state index contributed by atoms with van der Waals surface area (Å²) in [6, 6.07) is 11.5. The van der Waals surface area contributed by atoms with Crippen molar-refractivity contribution in [2.45, 2.75) is 13.5 Å². The number of ether oxygens (including phenoxy) is 3. The molecular formula is C17H16O4. The lowest BCUT2D eigenvalue weighted by molar-refractivity contribution is 0.111. The Morgan fingerprint density at radius 1 is 1.10 bits per heavy atom. The first-order valence-electron chi connectivity index (χ1n) is 6.83. The van der Waals surface area contributed by atoms with E-state index < -0.39 is 0 Å². The van der Waals surface area contributed by atoms with Crippen molar-refractivity contribution in [2.75, 3.05) is 13.2 Å². The Kier molecular flexibility index (Phi) is 3.77. The first-order chi connectivity index (χ1) is 10.3. The third-order valence-corrected chi connectivity index (χ3v) is 3.32. The molecular weight excluding hydrogens is 268 g/mol. The van der Waals surface area contributed by atoms with Gasteiger partial charge in [0.15, 0.2) is 17.8 Å². The molecule has 2 aromatic carbocycles. The summed E-state index contributed by atoms with van der Waals surface area (Å²) in [6.45, 7) is 3.44. The highest BCUT2D eigenvalue weighted by molar-refractivity contribution is 5.81. The van der Waals surface area contributed by atoms with Gasteiger partial charge in [0.25, 0.3) is 0 Å². The van der Waals surface area contributed by atoms with Crippen LogP contribution in [0.3, 0.4) is 0 Å². The van der Waals surface area contributed by atoms with Crippen molar-refractivity contribution in [1.29, 1.82) is 0 Å². The normalized spacial score (nSPS) is 12.8. The van der Waals surface area contributed by atoms with E-state index in [0.717, 1.165) is 11.8 Å². The molecule has 0 N–H and O–H groups in total. The summed E-state index contributed by atoms with van der Waals surface area (Å²) >= 11 is 0. The van der Waals surface area contributed by atoms with Crippen LogP contribution in [0.25, 0.3) is 0 Å². The van der Waals surface area contributed by atoms with Crippen molar-refractivity contribution in [3.05, 3.63) is 53.1 Å². The van der Waals surface area contributed by atoms with E-state index >= 15 is 0 Å². The summed E-state index contributed by atoms with van der Waals surface area (Å²) in [6.07, 6.45) is 0.767. The summed E-state index contributed by atoms with van der Waals surface area (Å²) in [5.41, 5.74) is 2.71. The number of carbonyl (C=O) groups is 1. The van der Waals surface area contributed by atoms with Crippen LogP contribution >= 0.6 is 0 Å². The Bertz CT molecular complexity index is 647. The SMILES string of the molecule is Cc1ccc(COc2cc3c(cc2C=O)OCCO3)cc1. The number of fused-ring (bicyclic) bond motifs is 1. The average Bonchev–Trinajstić information content (AvgIpc) is 2.53. The fraction of sp³-hybridized carbons (Fsp3) is 0.235. The lowest BCUT2D eigenvalue weighted by Gasteiger charge is -2.20. The largest absolute Gasteiger partial charge is 0.488 e. The molecule has 0 atom stereocenters. The van der Waals surface area contributed by atoms with Gasteiger partial charge in [0.2, 0.25) is 0 Å². The zero-order valence-electron chi connectivity index (χ0n) is 11.8. The van der Waals surface area contributed by atoms with E-state index in [2.05, 4.69) is 0 Å². The Balaban J connectivity index is 1.80. The molecule has 1 aliphatic rings. The van der Waals surface area contributed by atoms with Crippen LogP contribution < -0.4 is 14.2 Å². The average molecular weight is 284 g/mol. The van der Waals surface area contributed by atoms with Gasteiger partial charge in [-0.15, -0.1) is 0 Å². The zero-order valence-corrected chi connectivity index (χ0v) is 11.8. The molecule has 1 aliphatic heterocycles. The third kappa shape index (κ3) is 2.99. The van der Waals surface area contributed by atoms with E-state index in [4.69, 9.17) is 14.2 Å². The molecule has 0 unspecified atom stereocenters. The number of rotatable bonds is 4. The zero-order chi connectivity index (χ0) is 14.7. The van der Waals surface area contributed by atoms with Gasteiger partial charge in [-0.25, -0.2) is 0 Å². The minimum atomic E-state index is 0.404. The molecule has 1 heterocycles. The molecule has 4 heteroatoms. The summed E-state index contributed by atoms with van der Waals surface area (Å²) in [5.74, 6) is 1.71. The molecule has 2 aromatic rings. The number of aldehydes is 1. The second-order valence-electron chi connectivity index (χ2n) is 4.93. The first kappa shape index (κ1) is 13.5. The van der Waals surface area contributed by atoms with Gasteiger partial charge in [-0.1, -0.05) is 29.8 Å². The van der Waals surface area contributed by atoms with Crippen LogP contribution in [0.4, 0.5) is 0 Å². The highest BCUT2D eigenvalue weighted by Gasteiger charge is 2.16. The van der Waals surface area contributed by atoms with Gasteiger partial charge in [0.1, 0.15) is 25.6 Å². The van der Waals surface area contributed by atoms with Gasteiger partial charge in [0.05, 0.1) is 5.56 Å². The van der Waals surface area contributed by atoms with Crippen LogP contribution in [0, 0.1) is 6.92 Å². The van der Waals surface area contributed by atoms with Crippen molar-refractivity contribution < 1.29 is 19.0 Å². The Hall–Kier alpha value is -2.49. The van der Waals surface area contributed by atoms with Gasteiger partial charge in [-0.05, 0) is 18.6 Å². The van der Waals surface area contributed by atoms with Crippen LogP contribution in [-0.4, -0.2) is 19.5 Å². The van der Waals surface area contributed by atoms with Gasteiger partial charge in [-0.3, -0.25) is 4.79 Å². The minimum absolute atomic E-state index is 0.404. The highest BCUT2D eigenvalue weighted by Crippen LogP contribution is 2.36. The molecule has 21 heavy (non-hydrogen) atoms. The fourth-order valence-corrected chi connectivity index (χ4v) is 2.15. The molecule has 0 fully saturated rings. The number of hydrogen-bond donors (Lipinski definition) is 0. The molecule has 0 aliphatic carbocycles. The topological polar surface area (TPSA) is 44.8 Å². The maximum atomic E-state index is 11.2. The van der Waals surface area contributed by atoms with E-state index in [-0.39, 0.29) is 0 Å². The number of carbonyl (C=O) groups excluding carboxylic acids is 1. The minimum Gasteiger partial charge on any atom is -0.488 e. The van der Waals surface area contributed by atoms with E-state index in [1.807, 2.05) is 31.2 Å². The van der Waals surface area contributed by atoms with E-state index in [1.165, 1.54) is 5.56 Å². The second-order valence-corrected chi connectivity index (χ2v) is 4.93. The molecule has 0 spiro atoms. The van der Waals surface area contributed by atoms with Crippen molar-refractivity contribution in [2.24, 2.45) is 0 Å². The number of benzene rings is 2. The van der Waals surface area contributed by atoms with Crippen LogP contribution in [0.1, 0.15) is 21.5 Å². The van der Waals surface area contributed by atoms with Crippen molar-refractivity contribution in [3.63, 3.8) is 0 Å². The summed E-state index contributed by atoms with van der Waals surface area (Å²) in [7, 11) is 0. The molecule has 4 nitrogen and oxygen atoms in total. The van der Waals surface area contributed by atoms with Crippen molar-refractivity contribution in [1.82, 2.24) is 0 Å². The predicted octanol–water partition coefficient (Wildman–Crippen LogP) is 3.16. The lowest BCUT2D eigenvalue weighted by atomic mass is 10.1. The Morgan fingerprint density at radius 3 is 2.43 bits per heavy atom. The third-order valence-electron chi connectivity index (χ3n) is 3.32. The summed E-state index contributed by atoms with van der Waals surface area (Å²) in [5, 5.41) is 0. The van der Waals surface area contributed by atoms with E-state index in [1.54, 1.807) is 12.1 Å². The Labute approximate surface area is 123 Å². The number of aryl methyl sites for hydroxylation is 1. The highest BCUT2D eigenvalue weighted by atomic mass is 16.6. The van der Waals surface area contributed by atoms with Crippen LogP contribution in [0.2, 0.25) is 0 Å². The number of hydrogen-bond acceptors (Lipinski definition) is 4. The molecule has 0 amide bonds. The van der Waals surface area contributed by atoms with E-state index in [0.29, 0.717) is 42.6 Å². The quantitative estimate of drug-likeness (QED) is 0.809. The maximum absolute atomic E-state index is 11.2. The monoisotopic (exact) mass is 284 g/mol. The molecule has 108 valence electrons. The predicted molar refractivity (Wildman–Crippen MR) is 78.3 cm³/mol. The van der Waals surface area contributed by atoms with Gasteiger partial charge >= 0.3 is 0 Å². The summed E-state index contributed by atoms with van der Waals surface area (Å²) < 4.78 is 16.7. The Morgan fingerprint density at radius 2 is 1.76 bits per heavy atom. The standard InChI is InChI=1S/C17H16O4/c1-12-2-4-13(5-3-12)11-21-15-9-17-16(8-14(15)10-18)19-6-7-20-17/h2-5,8-10H,6-7,11H2,1H3. The fourth-order valence-electron chi connectivity index (χ4n) is 2.15. The van der Waals surface area contributed by atoms with E-state index in [9.17, 15) is 4.79 Å². The molecule has 3 rings (SSSR count). The van der Waals surface area contributed by atoms with Gasteiger partial charge in [-0.2, -0.15) is 0 Å². The maximum Gasteiger partial charge on any atom is 0.165 e. The molecule has 0 saturated heterocycles. The lowest BCUT2D eigenvalue weighted by Crippen LogP contribution is -2.15. The molecule has 0 saturated carbocycles.